The van der Waals surface area contributed by atoms with E-state index in [-0.39, 0.29) is 0 Å². The highest BCUT2D eigenvalue weighted by molar-refractivity contribution is 4.93. The number of hydrogen-bond donors (Lipinski definition) is 2. The Morgan fingerprint density at radius 1 is 1.67 bits per heavy atom. The van der Waals surface area contributed by atoms with Crippen LogP contribution < -0.4 is 5.32 Å². The molecular weight excluding hydrogens is 150 g/mol. The number of hydrogen-bond acceptors (Lipinski definition) is 2. The number of nitrogens with one attached hydrogen (secondary N) is 2. The van der Waals surface area contributed by atoms with E-state index < -0.39 is 0 Å². The smallest absolute Gasteiger partial charge is 0.0922 e. The van der Waals surface area contributed by atoms with Crippen molar-refractivity contribution in [3.63, 3.8) is 0 Å². The number of allylic oxidation sites excluding steroid dienone is 1. The molecule has 0 radical (unpaired) electrons. The molecule has 0 aliphatic rings. The molecule has 0 aliphatic heterocycles. The minimum Gasteiger partial charge on any atom is -0.347 e. The third-order valence-corrected chi connectivity index (χ3v) is 1.59. The lowest BCUT2D eigenvalue weighted by Gasteiger charge is -1.98. The normalized spacial score (nSPS) is 11.1. The average molecular weight is 165 g/mol. The Bertz CT molecular complexity index is 214. The van der Waals surface area contributed by atoms with Gasteiger partial charge in [0, 0.05) is 18.4 Å². The van der Waals surface area contributed by atoms with Gasteiger partial charge in [0.2, 0.25) is 0 Å². The Labute approximate surface area is 72.9 Å². The van der Waals surface area contributed by atoms with Crippen LogP contribution in [-0.2, 0) is 6.54 Å². The molecule has 1 rings (SSSR count). The minimum absolute atomic E-state index is 0.873. The number of rotatable bonds is 5. The number of nitrogens with zero attached hydrogens (tertiary/aromatic N) is 1. The van der Waals surface area contributed by atoms with Crippen LogP contribution >= 0.6 is 0 Å². The summed E-state index contributed by atoms with van der Waals surface area (Å²) >= 11 is 0. The van der Waals surface area contributed by atoms with Gasteiger partial charge in [0.05, 0.1) is 6.33 Å². The fraction of sp³-hybridized carbons (Fsp3) is 0.444. The van der Waals surface area contributed by atoms with E-state index in [1.165, 1.54) is 0 Å². The van der Waals surface area contributed by atoms with Gasteiger partial charge < -0.3 is 10.3 Å². The van der Waals surface area contributed by atoms with Gasteiger partial charge in [-0.05, 0) is 19.9 Å². The Morgan fingerprint density at radius 3 is 3.25 bits per heavy atom. The SMILES string of the molecule is C/C=C/CCNCc1cnc[nH]1. The van der Waals surface area contributed by atoms with Gasteiger partial charge in [-0.15, -0.1) is 0 Å². The minimum atomic E-state index is 0.873. The first-order chi connectivity index (χ1) is 5.93. The van der Waals surface area contributed by atoms with E-state index in [0.717, 1.165) is 25.2 Å². The van der Waals surface area contributed by atoms with Crippen LogP contribution in [-0.4, -0.2) is 16.5 Å². The zero-order valence-electron chi connectivity index (χ0n) is 7.38. The van der Waals surface area contributed by atoms with Crippen LogP contribution in [0, 0.1) is 0 Å². The summed E-state index contributed by atoms with van der Waals surface area (Å²) < 4.78 is 0. The Balaban J connectivity index is 2.03. The molecule has 0 unspecified atom stereocenters. The Hall–Kier alpha value is -1.09. The zero-order chi connectivity index (χ0) is 8.65. The van der Waals surface area contributed by atoms with Gasteiger partial charge in [-0.25, -0.2) is 4.98 Å². The molecule has 3 heteroatoms. The molecular formula is C9H15N3. The maximum absolute atomic E-state index is 3.93. The van der Waals surface area contributed by atoms with E-state index in [0.29, 0.717) is 0 Å². The van der Waals surface area contributed by atoms with Gasteiger partial charge in [0.25, 0.3) is 0 Å². The van der Waals surface area contributed by atoms with Crippen LogP contribution in [0.5, 0.6) is 0 Å². The van der Waals surface area contributed by atoms with Crippen LogP contribution in [0.1, 0.15) is 19.0 Å². The summed E-state index contributed by atoms with van der Waals surface area (Å²) in [6.45, 7) is 3.93. The van der Waals surface area contributed by atoms with Crippen molar-refractivity contribution < 1.29 is 0 Å². The van der Waals surface area contributed by atoms with Crippen LogP contribution in [0.2, 0.25) is 0 Å². The Morgan fingerprint density at radius 2 is 2.58 bits per heavy atom. The summed E-state index contributed by atoms with van der Waals surface area (Å²) in [5.74, 6) is 0. The molecule has 0 aromatic carbocycles. The molecule has 0 bridgehead atoms. The highest BCUT2D eigenvalue weighted by Gasteiger charge is 1.90. The molecule has 0 spiro atoms. The molecule has 1 aromatic heterocycles. The molecule has 1 aromatic rings. The van der Waals surface area contributed by atoms with Gasteiger partial charge in [-0.3, -0.25) is 0 Å². The molecule has 12 heavy (non-hydrogen) atoms. The first-order valence-corrected chi connectivity index (χ1v) is 4.22. The molecule has 0 aliphatic carbocycles. The molecule has 1 heterocycles. The van der Waals surface area contributed by atoms with E-state index in [1.807, 2.05) is 13.1 Å². The Kier molecular flexibility index (Phi) is 4.16. The largest absolute Gasteiger partial charge is 0.347 e. The van der Waals surface area contributed by atoms with Crippen molar-refractivity contribution in [1.29, 1.82) is 0 Å². The third-order valence-electron chi connectivity index (χ3n) is 1.59. The van der Waals surface area contributed by atoms with E-state index in [9.17, 15) is 0 Å². The molecule has 3 nitrogen and oxygen atoms in total. The van der Waals surface area contributed by atoms with Crippen molar-refractivity contribution in [3.8, 4) is 0 Å². The second kappa shape index (κ2) is 5.55. The summed E-state index contributed by atoms with van der Waals surface area (Å²) in [7, 11) is 0. The van der Waals surface area contributed by atoms with Crippen molar-refractivity contribution in [2.24, 2.45) is 0 Å². The van der Waals surface area contributed by atoms with Crippen molar-refractivity contribution in [1.82, 2.24) is 15.3 Å². The van der Waals surface area contributed by atoms with Gasteiger partial charge in [0.1, 0.15) is 0 Å². The predicted octanol–water partition coefficient (Wildman–Crippen LogP) is 1.47. The van der Waals surface area contributed by atoms with E-state index >= 15 is 0 Å². The monoisotopic (exact) mass is 165 g/mol. The quantitative estimate of drug-likeness (QED) is 0.512. The topological polar surface area (TPSA) is 40.7 Å². The molecule has 0 amide bonds. The number of H-pyrrole nitrogens is 1. The summed E-state index contributed by atoms with van der Waals surface area (Å²) in [6.07, 6.45) is 8.84. The van der Waals surface area contributed by atoms with Crippen molar-refractivity contribution in [3.05, 3.63) is 30.4 Å². The van der Waals surface area contributed by atoms with Crippen LogP contribution in [0.4, 0.5) is 0 Å². The lowest BCUT2D eigenvalue weighted by atomic mass is 10.3. The maximum Gasteiger partial charge on any atom is 0.0922 e. The highest BCUT2D eigenvalue weighted by atomic mass is 14.9. The van der Waals surface area contributed by atoms with Gasteiger partial charge in [0.15, 0.2) is 0 Å². The molecule has 0 atom stereocenters. The first-order valence-electron chi connectivity index (χ1n) is 4.22. The predicted molar refractivity (Wildman–Crippen MR) is 49.7 cm³/mol. The van der Waals surface area contributed by atoms with Crippen LogP contribution in [0.15, 0.2) is 24.7 Å². The second-order valence-corrected chi connectivity index (χ2v) is 2.61. The summed E-state index contributed by atoms with van der Waals surface area (Å²) in [5.41, 5.74) is 1.13. The molecule has 2 N–H and O–H groups in total. The number of aromatic nitrogens is 2. The third kappa shape index (κ3) is 3.34. The van der Waals surface area contributed by atoms with E-state index in [2.05, 4.69) is 27.4 Å². The van der Waals surface area contributed by atoms with E-state index in [4.69, 9.17) is 0 Å². The number of imidazole rings is 1. The second-order valence-electron chi connectivity index (χ2n) is 2.61. The van der Waals surface area contributed by atoms with Gasteiger partial charge in [-0.1, -0.05) is 12.2 Å². The lowest BCUT2D eigenvalue weighted by Crippen LogP contribution is -2.14. The van der Waals surface area contributed by atoms with E-state index in [1.54, 1.807) is 6.33 Å². The molecule has 66 valence electrons. The number of aromatic amines is 1. The van der Waals surface area contributed by atoms with Crippen molar-refractivity contribution >= 4 is 0 Å². The van der Waals surface area contributed by atoms with Gasteiger partial charge >= 0.3 is 0 Å². The molecule has 0 saturated carbocycles. The molecule has 0 saturated heterocycles. The highest BCUT2D eigenvalue weighted by Crippen LogP contribution is 1.89. The van der Waals surface area contributed by atoms with Crippen molar-refractivity contribution in [2.45, 2.75) is 19.9 Å². The average Bonchev–Trinajstić information content (AvgIpc) is 2.57. The fourth-order valence-electron chi connectivity index (χ4n) is 0.956. The van der Waals surface area contributed by atoms with Crippen molar-refractivity contribution in [2.75, 3.05) is 6.54 Å². The maximum atomic E-state index is 3.93. The summed E-state index contributed by atoms with van der Waals surface area (Å²) in [4.78, 5) is 6.96. The van der Waals surface area contributed by atoms with Crippen LogP contribution in [0.25, 0.3) is 0 Å². The zero-order valence-corrected chi connectivity index (χ0v) is 7.38. The summed E-state index contributed by atoms with van der Waals surface area (Å²) in [5, 5.41) is 3.30. The van der Waals surface area contributed by atoms with Crippen LogP contribution in [0.3, 0.4) is 0 Å². The van der Waals surface area contributed by atoms with Gasteiger partial charge in [-0.2, -0.15) is 0 Å². The summed E-state index contributed by atoms with van der Waals surface area (Å²) in [6, 6.07) is 0. The standard InChI is InChI=1S/C9H15N3/c1-2-3-4-5-10-6-9-7-11-8-12-9/h2-3,7-8,10H,4-6H2,1H3,(H,11,12)/b3-2+. The first kappa shape index (κ1) is 9.00. The molecule has 0 fully saturated rings. The fourth-order valence-corrected chi connectivity index (χ4v) is 0.956. The lowest BCUT2D eigenvalue weighted by molar-refractivity contribution is 0.685.